The van der Waals surface area contributed by atoms with Gasteiger partial charge in [0.2, 0.25) is 0 Å². The van der Waals surface area contributed by atoms with E-state index in [1.165, 1.54) is 81.2 Å². The minimum absolute atomic E-state index is 0.128. The third-order valence-corrected chi connectivity index (χ3v) is 13.1. The van der Waals surface area contributed by atoms with Crippen molar-refractivity contribution in [3.63, 3.8) is 0 Å². The van der Waals surface area contributed by atoms with Gasteiger partial charge in [0.05, 0.1) is 22.4 Å². The van der Waals surface area contributed by atoms with Crippen LogP contribution < -0.4 is 21.1 Å². The molecule has 4 heterocycles. The van der Waals surface area contributed by atoms with Crippen LogP contribution in [0.4, 0.5) is 28.4 Å². The van der Waals surface area contributed by atoms with Gasteiger partial charge in [0.15, 0.2) is 7.28 Å². The zero-order valence-electron chi connectivity index (χ0n) is 29.9. The van der Waals surface area contributed by atoms with Crippen molar-refractivity contribution in [3.8, 4) is 11.1 Å². The van der Waals surface area contributed by atoms with Crippen molar-refractivity contribution >= 4 is 111 Å². The lowest BCUT2D eigenvalue weighted by Crippen LogP contribution is -2.45. The molecule has 0 aliphatic carbocycles. The molecule has 0 saturated carbocycles. The molecule has 0 saturated heterocycles. The van der Waals surface area contributed by atoms with Crippen LogP contribution >= 0.6 is 11.3 Å². The molecule has 0 bridgehead atoms. The smallest absolute Gasteiger partial charge is 0.198 e. The molecule has 12 rings (SSSR count). The number of hydrogen-bond acceptors (Lipinski definition) is 4. The molecule has 0 spiro atoms. The SMILES string of the molecule is CC1(C)c2ccccc2N2c3c(cccc31)Bc1c(-c3cc4ccccc4cc3Nc3cccc4oc5ccccc5c34)cc3sc4ccccc4c3c12. The molecular formula is C49H33BN2OS. The first-order chi connectivity index (χ1) is 26.5. The molecule has 3 nitrogen and oxygen atoms in total. The number of nitrogens with zero attached hydrogens (tertiary/aromatic N) is 1. The van der Waals surface area contributed by atoms with Crippen LogP contribution in [0.15, 0.2) is 156 Å². The summed E-state index contributed by atoms with van der Waals surface area (Å²) in [6.45, 7) is 4.77. The van der Waals surface area contributed by atoms with E-state index in [9.17, 15) is 0 Å². The topological polar surface area (TPSA) is 28.4 Å². The number of furan rings is 1. The van der Waals surface area contributed by atoms with Crippen LogP contribution in [0.2, 0.25) is 0 Å². The van der Waals surface area contributed by atoms with E-state index in [4.69, 9.17) is 4.42 Å². The fourth-order valence-electron chi connectivity index (χ4n) is 9.55. The highest BCUT2D eigenvalue weighted by molar-refractivity contribution is 7.26. The lowest BCUT2D eigenvalue weighted by Gasteiger charge is -2.46. The van der Waals surface area contributed by atoms with Crippen LogP contribution in [-0.2, 0) is 5.41 Å². The van der Waals surface area contributed by atoms with Crippen LogP contribution in [-0.4, -0.2) is 7.28 Å². The second-order valence-electron chi connectivity index (χ2n) is 15.3. The molecule has 5 heteroatoms. The summed E-state index contributed by atoms with van der Waals surface area (Å²) in [6, 6.07) is 55.6. The molecule has 0 fully saturated rings. The van der Waals surface area contributed by atoms with Gasteiger partial charge in [0.1, 0.15) is 11.2 Å². The molecule has 0 atom stereocenters. The van der Waals surface area contributed by atoms with Crippen molar-refractivity contribution in [3.05, 3.63) is 163 Å². The molecule has 254 valence electrons. The van der Waals surface area contributed by atoms with Crippen LogP contribution in [0, 0.1) is 0 Å². The van der Waals surface area contributed by atoms with Gasteiger partial charge >= 0.3 is 0 Å². The van der Waals surface area contributed by atoms with Gasteiger partial charge in [-0.2, -0.15) is 0 Å². The van der Waals surface area contributed by atoms with Crippen molar-refractivity contribution in [1.82, 2.24) is 0 Å². The summed E-state index contributed by atoms with van der Waals surface area (Å²) < 4.78 is 8.95. The molecule has 0 radical (unpaired) electrons. The van der Waals surface area contributed by atoms with Crippen LogP contribution in [0.25, 0.3) is 64.0 Å². The van der Waals surface area contributed by atoms with Crippen molar-refractivity contribution in [2.45, 2.75) is 19.3 Å². The summed E-state index contributed by atoms with van der Waals surface area (Å²) in [5, 5.41) is 11.3. The fraction of sp³-hybridized carbons (Fsp3) is 0.0612. The maximum Gasteiger partial charge on any atom is 0.198 e. The van der Waals surface area contributed by atoms with Crippen molar-refractivity contribution < 1.29 is 4.42 Å². The van der Waals surface area contributed by atoms with Gasteiger partial charge in [-0.3, -0.25) is 0 Å². The highest BCUT2D eigenvalue weighted by Crippen LogP contribution is 2.55. The standard InChI is InChI=1S/C49H33BN2OS/c1-49(2)34-17-7-8-21-39(34)52-47-35(49)18-11-19-36(47)50-46-33(27-43-45(48(46)52)31-16-6-10-24-42(31)54-43)32-25-28-13-3-4-14-29(28)26-38(32)51-37-20-12-23-41-44(37)30-15-5-9-22-40(30)53-41/h3-27,50-51H,1-2H3. The Labute approximate surface area is 317 Å². The lowest BCUT2D eigenvalue weighted by molar-refractivity contribution is 0.632. The Morgan fingerprint density at radius 2 is 1.30 bits per heavy atom. The van der Waals surface area contributed by atoms with E-state index in [1.807, 2.05) is 17.4 Å². The van der Waals surface area contributed by atoms with Crippen LogP contribution in [0.5, 0.6) is 0 Å². The minimum atomic E-state index is -0.128. The van der Waals surface area contributed by atoms with E-state index in [0.29, 0.717) is 0 Å². The lowest BCUT2D eigenvalue weighted by atomic mass is 9.55. The number of anilines is 5. The van der Waals surface area contributed by atoms with E-state index < -0.39 is 0 Å². The number of rotatable bonds is 3. The Balaban J connectivity index is 1.19. The molecule has 2 aromatic heterocycles. The van der Waals surface area contributed by atoms with E-state index in [-0.39, 0.29) is 5.41 Å². The van der Waals surface area contributed by atoms with Gasteiger partial charge in [-0.05, 0) is 81.5 Å². The Kier molecular flexibility index (Phi) is 6.08. The van der Waals surface area contributed by atoms with Gasteiger partial charge in [0.25, 0.3) is 0 Å². The van der Waals surface area contributed by atoms with Gasteiger partial charge in [-0.15, -0.1) is 11.3 Å². The first-order valence-corrected chi connectivity index (χ1v) is 19.5. The second-order valence-corrected chi connectivity index (χ2v) is 16.4. The molecule has 2 aliphatic rings. The van der Waals surface area contributed by atoms with Crippen molar-refractivity contribution in [2.24, 2.45) is 0 Å². The number of fused-ring (bicyclic) bond motifs is 12. The first kappa shape index (κ1) is 30.2. The highest BCUT2D eigenvalue weighted by Gasteiger charge is 2.42. The Morgan fingerprint density at radius 1 is 0.574 bits per heavy atom. The van der Waals surface area contributed by atoms with E-state index in [2.05, 4.69) is 170 Å². The number of para-hydroxylation sites is 3. The summed E-state index contributed by atoms with van der Waals surface area (Å²) in [4.78, 5) is 2.63. The molecule has 0 unspecified atom stereocenters. The maximum absolute atomic E-state index is 6.34. The fourth-order valence-corrected chi connectivity index (χ4v) is 10.7. The largest absolute Gasteiger partial charge is 0.456 e. The van der Waals surface area contributed by atoms with Crippen LogP contribution in [0.1, 0.15) is 25.0 Å². The number of thiophene rings is 1. The predicted octanol–water partition coefficient (Wildman–Crippen LogP) is 12.3. The third-order valence-electron chi connectivity index (χ3n) is 12.0. The number of hydrogen-bond donors (Lipinski definition) is 1. The summed E-state index contributed by atoms with van der Waals surface area (Å²) >= 11 is 1.90. The molecule has 1 N–H and O–H groups in total. The Hall–Kier alpha value is -6.30. The van der Waals surface area contributed by atoms with Crippen LogP contribution in [0.3, 0.4) is 0 Å². The summed E-state index contributed by atoms with van der Waals surface area (Å²) in [5.41, 5.74) is 15.6. The molecular weight excluding hydrogens is 675 g/mol. The normalized spacial score (nSPS) is 14.0. The van der Waals surface area contributed by atoms with Crippen molar-refractivity contribution in [1.29, 1.82) is 0 Å². The molecule has 54 heavy (non-hydrogen) atoms. The zero-order valence-corrected chi connectivity index (χ0v) is 30.7. The van der Waals surface area contributed by atoms with Gasteiger partial charge in [-0.25, -0.2) is 0 Å². The van der Waals surface area contributed by atoms with E-state index in [0.717, 1.165) is 40.6 Å². The van der Waals surface area contributed by atoms with E-state index in [1.54, 1.807) is 0 Å². The molecule has 2 aliphatic heterocycles. The second kappa shape index (κ2) is 10.9. The average Bonchev–Trinajstić information content (AvgIpc) is 3.78. The molecule has 10 aromatic rings. The third kappa shape index (κ3) is 4.08. The van der Waals surface area contributed by atoms with Gasteiger partial charge in [-0.1, -0.05) is 122 Å². The number of benzene rings is 8. The summed E-state index contributed by atoms with van der Waals surface area (Å²) in [7, 11) is 0.844. The summed E-state index contributed by atoms with van der Waals surface area (Å²) in [6.07, 6.45) is 0. The minimum Gasteiger partial charge on any atom is -0.456 e. The summed E-state index contributed by atoms with van der Waals surface area (Å²) in [5.74, 6) is 0. The molecule has 8 aromatic carbocycles. The van der Waals surface area contributed by atoms with E-state index >= 15 is 0 Å². The van der Waals surface area contributed by atoms with Gasteiger partial charge < -0.3 is 14.6 Å². The molecule has 0 amide bonds. The highest BCUT2D eigenvalue weighted by atomic mass is 32.1. The van der Waals surface area contributed by atoms with Gasteiger partial charge in [0, 0.05) is 47.9 Å². The Morgan fingerprint density at radius 3 is 2.20 bits per heavy atom. The predicted molar refractivity (Wildman–Crippen MR) is 233 cm³/mol. The maximum atomic E-state index is 6.34. The first-order valence-electron chi connectivity index (χ1n) is 18.7. The zero-order chi connectivity index (χ0) is 35.7. The van der Waals surface area contributed by atoms with Crippen molar-refractivity contribution in [2.75, 3.05) is 10.2 Å². The number of nitrogens with one attached hydrogen (secondary N) is 1. The quantitative estimate of drug-likeness (QED) is 0.185. The monoisotopic (exact) mass is 708 g/mol. The average molecular weight is 709 g/mol. The Bertz CT molecular complexity index is 3230.